The molecule has 1 N–H and O–H groups in total. The maximum Gasteiger partial charge on any atom is 0.471 e. The van der Waals surface area contributed by atoms with Crippen molar-refractivity contribution >= 4 is 5.91 Å². The van der Waals surface area contributed by atoms with Crippen LogP contribution in [-0.2, 0) is 9.53 Å². The van der Waals surface area contributed by atoms with Gasteiger partial charge < -0.3 is 10.1 Å². The average molecular weight is 211 g/mol. The number of carbonyl (C=O) groups is 1. The van der Waals surface area contributed by atoms with Gasteiger partial charge in [0.2, 0.25) is 0 Å². The molecule has 0 radical (unpaired) electrons. The van der Waals surface area contributed by atoms with Gasteiger partial charge in [-0.2, -0.15) is 13.2 Å². The molecule has 0 spiro atoms. The highest BCUT2D eigenvalue weighted by molar-refractivity contribution is 5.81. The van der Waals surface area contributed by atoms with Crippen LogP contribution in [-0.4, -0.2) is 31.8 Å². The smallest absolute Gasteiger partial charge is 0.381 e. The SMILES string of the molecule is O=C(NCCC1CCOC1)C(F)(F)F. The highest BCUT2D eigenvalue weighted by atomic mass is 19.4. The van der Waals surface area contributed by atoms with Gasteiger partial charge in [0.05, 0.1) is 0 Å². The molecule has 1 aliphatic rings. The molecule has 0 bridgehead atoms. The Bertz CT molecular complexity index is 199. The zero-order valence-corrected chi connectivity index (χ0v) is 7.56. The average Bonchev–Trinajstić information content (AvgIpc) is 2.55. The fourth-order valence-corrected chi connectivity index (χ4v) is 1.30. The molecule has 0 aromatic carbocycles. The van der Waals surface area contributed by atoms with Crippen molar-refractivity contribution < 1.29 is 22.7 Å². The summed E-state index contributed by atoms with van der Waals surface area (Å²) in [6.07, 6.45) is -3.37. The summed E-state index contributed by atoms with van der Waals surface area (Å²) in [6.45, 7) is 1.31. The quantitative estimate of drug-likeness (QED) is 0.758. The van der Waals surface area contributed by atoms with Gasteiger partial charge in [-0.1, -0.05) is 0 Å². The highest BCUT2D eigenvalue weighted by Crippen LogP contribution is 2.17. The summed E-state index contributed by atoms with van der Waals surface area (Å²) >= 11 is 0. The van der Waals surface area contributed by atoms with E-state index >= 15 is 0 Å². The van der Waals surface area contributed by atoms with E-state index < -0.39 is 12.1 Å². The Morgan fingerprint density at radius 3 is 2.71 bits per heavy atom. The molecule has 1 amide bonds. The van der Waals surface area contributed by atoms with Crippen LogP contribution in [0.15, 0.2) is 0 Å². The van der Waals surface area contributed by atoms with Crippen molar-refractivity contribution in [3.05, 3.63) is 0 Å². The Morgan fingerprint density at radius 1 is 1.50 bits per heavy atom. The normalized spacial score (nSPS) is 22.4. The first kappa shape index (κ1) is 11.3. The molecule has 1 saturated heterocycles. The van der Waals surface area contributed by atoms with Crippen LogP contribution in [0.2, 0.25) is 0 Å². The molecule has 3 nitrogen and oxygen atoms in total. The number of amides is 1. The largest absolute Gasteiger partial charge is 0.471 e. The van der Waals surface area contributed by atoms with Gasteiger partial charge in [0.15, 0.2) is 0 Å². The molecular weight excluding hydrogens is 199 g/mol. The van der Waals surface area contributed by atoms with E-state index in [0.717, 1.165) is 6.42 Å². The van der Waals surface area contributed by atoms with Crippen molar-refractivity contribution in [3.63, 3.8) is 0 Å². The summed E-state index contributed by atoms with van der Waals surface area (Å²) < 4.78 is 40.2. The number of ether oxygens (including phenoxy) is 1. The lowest BCUT2D eigenvalue weighted by Crippen LogP contribution is -2.37. The van der Waals surface area contributed by atoms with Gasteiger partial charge in [-0.15, -0.1) is 0 Å². The lowest BCUT2D eigenvalue weighted by atomic mass is 10.1. The van der Waals surface area contributed by atoms with Crippen LogP contribution in [0.1, 0.15) is 12.8 Å². The van der Waals surface area contributed by atoms with Crippen LogP contribution < -0.4 is 5.32 Å². The van der Waals surface area contributed by atoms with Crippen LogP contribution in [0.4, 0.5) is 13.2 Å². The van der Waals surface area contributed by atoms with Gasteiger partial charge in [-0.25, -0.2) is 0 Å². The third-order valence-corrected chi connectivity index (χ3v) is 2.12. The molecule has 82 valence electrons. The van der Waals surface area contributed by atoms with Gasteiger partial charge in [-0.05, 0) is 18.8 Å². The Kier molecular flexibility index (Phi) is 3.74. The van der Waals surface area contributed by atoms with Crippen molar-refractivity contribution in [2.24, 2.45) is 5.92 Å². The summed E-state index contributed by atoms with van der Waals surface area (Å²) in [5.41, 5.74) is 0. The Balaban J connectivity index is 2.11. The summed E-state index contributed by atoms with van der Waals surface area (Å²) in [6, 6.07) is 0. The van der Waals surface area contributed by atoms with Crippen LogP contribution in [0.5, 0.6) is 0 Å². The van der Waals surface area contributed by atoms with Crippen LogP contribution in [0, 0.1) is 5.92 Å². The minimum Gasteiger partial charge on any atom is -0.381 e. The fourth-order valence-electron chi connectivity index (χ4n) is 1.30. The number of alkyl halides is 3. The Morgan fingerprint density at radius 2 is 2.21 bits per heavy atom. The fraction of sp³-hybridized carbons (Fsp3) is 0.875. The molecule has 1 unspecified atom stereocenters. The zero-order valence-electron chi connectivity index (χ0n) is 7.56. The standard InChI is InChI=1S/C8H12F3NO2/c9-8(10,11)7(13)12-3-1-6-2-4-14-5-6/h6H,1-5H2,(H,12,13). The molecule has 0 aromatic rings. The number of rotatable bonds is 3. The first-order chi connectivity index (χ1) is 6.50. The molecule has 1 fully saturated rings. The lowest BCUT2D eigenvalue weighted by Gasteiger charge is -2.10. The molecule has 1 aliphatic heterocycles. The summed E-state index contributed by atoms with van der Waals surface area (Å²) in [5.74, 6) is -1.58. The minimum atomic E-state index is -4.77. The van der Waals surface area contributed by atoms with Gasteiger partial charge in [0, 0.05) is 19.8 Å². The summed E-state index contributed by atoms with van der Waals surface area (Å²) in [7, 11) is 0. The second-order valence-corrected chi connectivity index (χ2v) is 3.27. The highest BCUT2D eigenvalue weighted by Gasteiger charge is 2.38. The van der Waals surface area contributed by atoms with E-state index in [1.807, 2.05) is 5.32 Å². The first-order valence-corrected chi connectivity index (χ1v) is 4.43. The van der Waals surface area contributed by atoms with E-state index in [0.29, 0.717) is 19.6 Å². The van der Waals surface area contributed by atoms with Crippen molar-refractivity contribution in [1.29, 1.82) is 0 Å². The molecule has 1 heterocycles. The van der Waals surface area contributed by atoms with Crippen molar-refractivity contribution in [2.45, 2.75) is 19.0 Å². The van der Waals surface area contributed by atoms with Crippen LogP contribution in [0.25, 0.3) is 0 Å². The van der Waals surface area contributed by atoms with E-state index in [1.165, 1.54) is 0 Å². The molecule has 1 atom stereocenters. The topological polar surface area (TPSA) is 38.3 Å². The number of hydrogen-bond acceptors (Lipinski definition) is 2. The van der Waals surface area contributed by atoms with Gasteiger partial charge >= 0.3 is 12.1 Å². The van der Waals surface area contributed by atoms with E-state index in [4.69, 9.17) is 4.74 Å². The number of halogens is 3. The predicted molar refractivity (Wildman–Crippen MR) is 42.6 cm³/mol. The minimum absolute atomic E-state index is 0.0619. The maximum absolute atomic E-state index is 11.7. The lowest BCUT2D eigenvalue weighted by molar-refractivity contribution is -0.173. The molecule has 0 aromatic heterocycles. The molecular formula is C8H12F3NO2. The van der Waals surface area contributed by atoms with E-state index in [1.54, 1.807) is 0 Å². The predicted octanol–water partition coefficient (Wildman–Crippen LogP) is 1.09. The van der Waals surface area contributed by atoms with Crippen LogP contribution >= 0.6 is 0 Å². The molecule has 14 heavy (non-hydrogen) atoms. The van der Waals surface area contributed by atoms with Crippen molar-refractivity contribution in [2.75, 3.05) is 19.8 Å². The molecule has 0 saturated carbocycles. The molecule has 1 rings (SSSR count). The zero-order chi connectivity index (χ0) is 10.6. The number of carbonyl (C=O) groups excluding carboxylic acids is 1. The van der Waals surface area contributed by atoms with Crippen molar-refractivity contribution in [1.82, 2.24) is 5.32 Å². The van der Waals surface area contributed by atoms with E-state index in [9.17, 15) is 18.0 Å². The third kappa shape index (κ3) is 3.53. The van der Waals surface area contributed by atoms with Gasteiger partial charge in [0.25, 0.3) is 0 Å². The monoisotopic (exact) mass is 211 g/mol. The molecule has 6 heteroatoms. The van der Waals surface area contributed by atoms with Gasteiger partial charge in [0.1, 0.15) is 0 Å². The summed E-state index contributed by atoms with van der Waals surface area (Å²) in [5, 5.41) is 1.83. The second kappa shape index (κ2) is 4.63. The van der Waals surface area contributed by atoms with Crippen molar-refractivity contribution in [3.8, 4) is 0 Å². The van der Waals surface area contributed by atoms with E-state index in [2.05, 4.69) is 0 Å². The first-order valence-electron chi connectivity index (χ1n) is 4.43. The maximum atomic E-state index is 11.7. The second-order valence-electron chi connectivity index (χ2n) is 3.27. The summed E-state index contributed by atoms with van der Waals surface area (Å²) in [4.78, 5) is 10.4. The number of nitrogens with one attached hydrogen (secondary N) is 1. The van der Waals surface area contributed by atoms with Crippen LogP contribution in [0.3, 0.4) is 0 Å². The number of hydrogen-bond donors (Lipinski definition) is 1. The third-order valence-electron chi connectivity index (χ3n) is 2.12. The Hall–Kier alpha value is -0.780. The molecule has 0 aliphatic carbocycles. The van der Waals surface area contributed by atoms with Gasteiger partial charge in [-0.3, -0.25) is 4.79 Å². The van der Waals surface area contributed by atoms with E-state index in [-0.39, 0.29) is 12.5 Å². The Labute approximate surface area is 79.6 Å².